The number of allylic oxidation sites excluding steroid dienone is 2. The van der Waals surface area contributed by atoms with Crippen LogP contribution in [0.1, 0.15) is 6.92 Å². The van der Waals surface area contributed by atoms with Gasteiger partial charge in [-0.25, -0.2) is 0 Å². The molecule has 0 N–H and O–H groups in total. The summed E-state index contributed by atoms with van der Waals surface area (Å²) in [5.41, 5.74) is 0.488. The van der Waals surface area contributed by atoms with Crippen LogP contribution in [-0.2, 0) is 14.3 Å². The third-order valence-electron chi connectivity index (χ3n) is 2.51. The molecule has 3 nitrogen and oxygen atoms in total. The van der Waals surface area contributed by atoms with Crippen LogP contribution in [-0.4, -0.2) is 22.3 Å². The zero-order chi connectivity index (χ0) is 13.7. The van der Waals surface area contributed by atoms with E-state index in [9.17, 15) is 9.59 Å². The molecule has 1 aromatic rings. The van der Waals surface area contributed by atoms with E-state index in [1.165, 1.54) is 9.65 Å². The van der Waals surface area contributed by atoms with E-state index < -0.39 is 21.2 Å². The Kier molecular flexibility index (Phi) is 4.90. The van der Waals surface area contributed by atoms with Gasteiger partial charge in [0.05, 0.1) is 0 Å². The molecule has 19 heavy (non-hydrogen) atoms. The van der Waals surface area contributed by atoms with E-state index in [0.29, 0.717) is 12.2 Å². The number of carbonyl (C=O) groups is 2. The first-order chi connectivity index (χ1) is 9.20. The van der Waals surface area contributed by atoms with E-state index in [-0.39, 0.29) is 15.7 Å². The molecule has 1 aliphatic rings. The summed E-state index contributed by atoms with van der Waals surface area (Å²) < 4.78 is 5.97. The molecule has 0 aromatic heterocycles. The van der Waals surface area contributed by atoms with Crippen molar-refractivity contribution in [3.05, 3.63) is 57.7 Å². The van der Waals surface area contributed by atoms with Crippen molar-refractivity contribution in [1.29, 1.82) is 0 Å². The predicted octanol–water partition coefficient (Wildman–Crippen LogP) is -1.06. The van der Waals surface area contributed by atoms with Gasteiger partial charge in [0.1, 0.15) is 0 Å². The van der Waals surface area contributed by atoms with Crippen molar-refractivity contribution in [2.24, 2.45) is 0 Å². The first kappa shape index (κ1) is 14.0. The third-order valence-corrected chi connectivity index (χ3v) is 5.60. The Hall–Kier alpha value is -1.43. The molecule has 1 unspecified atom stereocenters. The van der Waals surface area contributed by atoms with Crippen molar-refractivity contribution in [2.45, 2.75) is 10.8 Å². The van der Waals surface area contributed by atoms with Crippen molar-refractivity contribution < 1.29 is 35.5 Å². The summed E-state index contributed by atoms with van der Waals surface area (Å²) in [6, 6.07) is 9.94. The van der Waals surface area contributed by atoms with Gasteiger partial charge in [0.15, 0.2) is 0 Å². The molecule has 1 atom stereocenters. The molecule has 100 valence electrons. The zero-order valence-corrected chi connectivity index (χ0v) is 12.7. The van der Waals surface area contributed by atoms with Crippen molar-refractivity contribution >= 4 is 11.8 Å². The van der Waals surface area contributed by atoms with Crippen LogP contribution in [0.4, 0.5) is 0 Å². The Bertz CT molecular complexity index is 532. The van der Waals surface area contributed by atoms with Gasteiger partial charge in [-0.15, -0.1) is 0 Å². The molecular weight excluding hydrogens is 355 g/mol. The van der Waals surface area contributed by atoms with Gasteiger partial charge >= 0.3 is 122 Å². The Balaban J connectivity index is 2.13. The van der Waals surface area contributed by atoms with Crippen LogP contribution in [0, 0.1) is 3.57 Å². The fourth-order valence-electron chi connectivity index (χ4n) is 1.62. The van der Waals surface area contributed by atoms with Crippen LogP contribution >= 0.6 is 0 Å². The second-order valence-corrected chi connectivity index (χ2v) is 7.10. The maximum absolute atomic E-state index is 11.9. The Labute approximate surface area is 122 Å². The second kappa shape index (κ2) is 6.65. The Morgan fingerprint density at radius 2 is 2.00 bits per heavy atom. The van der Waals surface area contributed by atoms with Crippen LogP contribution in [0.3, 0.4) is 0 Å². The van der Waals surface area contributed by atoms with Gasteiger partial charge in [-0.05, 0) is 0 Å². The van der Waals surface area contributed by atoms with Gasteiger partial charge in [0.2, 0.25) is 0 Å². The van der Waals surface area contributed by atoms with Crippen LogP contribution in [0.25, 0.3) is 0 Å². The number of benzene rings is 1. The average molecular weight is 369 g/mol. The van der Waals surface area contributed by atoms with Gasteiger partial charge in [0.25, 0.3) is 0 Å². The van der Waals surface area contributed by atoms with Gasteiger partial charge < -0.3 is 0 Å². The van der Waals surface area contributed by atoms with Crippen LogP contribution in [0.2, 0.25) is 0 Å². The third kappa shape index (κ3) is 3.76. The molecular formula is C15H14IO3-. The van der Waals surface area contributed by atoms with Crippen molar-refractivity contribution in [3.63, 3.8) is 0 Å². The Morgan fingerprint density at radius 1 is 1.26 bits per heavy atom. The van der Waals surface area contributed by atoms with Crippen LogP contribution in [0.5, 0.6) is 0 Å². The van der Waals surface area contributed by atoms with Gasteiger partial charge in [0, 0.05) is 0 Å². The van der Waals surface area contributed by atoms with E-state index in [0.717, 1.165) is 0 Å². The van der Waals surface area contributed by atoms with E-state index in [1.807, 2.05) is 30.3 Å². The number of ether oxygens (including phenoxy) is 1. The van der Waals surface area contributed by atoms with E-state index in [1.54, 1.807) is 19.1 Å². The first-order valence-corrected chi connectivity index (χ1v) is 8.32. The van der Waals surface area contributed by atoms with Gasteiger partial charge in [-0.1, -0.05) is 0 Å². The minimum atomic E-state index is -0.482. The number of alkyl halides is 1. The van der Waals surface area contributed by atoms with Crippen molar-refractivity contribution in [3.8, 4) is 0 Å². The molecule has 0 saturated carbocycles. The molecule has 0 heterocycles. The first-order valence-electron chi connectivity index (χ1n) is 6.00. The minimum absolute atomic E-state index is 0.0738. The molecule has 0 amide bonds. The number of halogens is 1. The molecule has 1 aliphatic carbocycles. The molecule has 0 aliphatic heterocycles. The van der Waals surface area contributed by atoms with Crippen LogP contribution < -0.4 is 21.2 Å². The molecule has 0 bridgehead atoms. The summed E-state index contributed by atoms with van der Waals surface area (Å²) in [6.45, 7) is 2.11. The fourth-order valence-corrected chi connectivity index (χ4v) is 4.31. The summed E-state index contributed by atoms with van der Waals surface area (Å²) in [5, 5.41) is 0. The van der Waals surface area contributed by atoms with E-state index >= 15 is 0 Å². The summed E-state index contributed by atoms with van der Waals surface area (Å²) in [4.78, 5) is 23.5. The summed E-state index contributed by atoms with van der Waals surface area (Å²) in [6.07, 6.45) is 4.78. The molecule has 2 rings (SSSR count). The van der Waals surface area contributed by atoms with E-state index in [2.05, 4.69) is 0 Å². The number of carbonyl (C=O) groups excluding carboxylic acids is 2. The van der Waals surface area contributed by atoms with Gasteiger partial charge in [-0.3, -0.25) is 0 Å². The topological polar surface area (TPSA) is 43.4 Å². The number of hydrogen-bond acceptors (Lipinski definition) is 3. The number of ketones is 1. The average Bonchev–Trinajstić information content (AvgIpc) is 2.42. The van der Waals surface area contributed by atoms with E-state index in [4.69, 9.17) is 4.74 Å². The molecule has 0 fully saturated rings. The summed E-state index contributed by atoms with van der Waals surface area (Å²) in [7, 11) is 0. The van der Waals surface area contributed by atoms with Crippen LogP contribution in [0.15, 0.2) is 54.1 Å². The quantitative estimate of drug-likeness (QED) is 0.386. The fraction of sp³-hybridized carbons (Fsp3) is 0.200. The zero-order valence-electron chi connectivity index (χ0n) is 10.5. The summed E-state index contributed by atoms with van der Waals surface area (Å²) in [5.74, 6) is -0.280. The molecule has 0 spiro atoms. The van der Waals surface area contributed by atoms with Crippen molar-refractivity contribution in [1.82, 2.24) is 0 Å². The standard InChI is InChI=1S/C15H14IO3/c1-2-19-15(18)11-8-9-14(17)13(10-11)16-12-6-4-3-5-7-12/h3-10,13H,2H2,1H3/q-1. The van der Waals surface area contributed by atoms with Crippen molar-refractivity contribution in [2.75, 3.05) is 6.61 Å². The number of rotatable bonds is 4. The Morgan fingerprint density at radius 3 is 2.68 bits per heavy atom. The predicted molar refractivity (Wildman–Crippen MR) is 67.8 cm³/mol. The number of esters is 1. The second-order valence-electron chi connectivity index (χ2n) is 3.88. The normalized spacial score (nSPS) is 18.3. The summed E-state index contributed by atoms with van der Waals surface area (Å²) >= 11 is -0.482. The molecule has 0 radical (unpaired) electrons. The van der Waals surface area contributed by atoms with Gasteiger partial charge in [-0.2, -0.15) is 0 Å². The number of hydrogen-bond donors (Lipinski definition) is 0. The molecule has 0 saturated heterocycles. The maximum atomic E-state index is 11.9. The molecule has 1 aromatic carbocycles. The molecule has 4 heteroatoms. The monoisotopic (exact) mass is 369 g/mol. The SMILES string of the molecule is CCOC(=O)C1=CC([I-]c2ccccc2)C(=O)C=C1.